The molecule has 0 aliphatic rings. The van der Waals surface area contributed by atoms with Gasteiger partial charge in [0.25, 0.3) is 0 Å². The van der Waals surface area contributed by atoms with Gasteiger partial charge in [-0.15, -0.1) is 0 Å². The Morgan fingerprint density at radius 2 is 1.25 bits per heavy atom. The molecule has 0 heterocycles. The van der Waals surface area contributed by atoms with Crippen LogP contribution in [0.5, 0.6) is 0 Å². The van der Waals surface area contributed by atoms with E-state index < -0.39 is 78.0 Å². The summed E-state index contributed by atoms with van der Waals surface area (Å²) < 4.78 is 0. The number of hydrogen-bond donors (Lipinski definition) is 9. The van der Waals surface area contributed by atoms with E-state index in [2.05, 4.69) is 21.3 Å². The molecule has 0 aliphatic heterocycles. The molecule has 0 aromatic heterocycles. The molecule has 0 aromatic carbocycles. The Bertz CT molecular complexity index is 913. The van der Waals surface area contributed by atoms with Crippen LogP contribution in [-0.2, 0) is 33.6 Å². The summed E-state index contributed by atoms with van der Waals surface area (Å²) in [6.45, 7) is 5.45. The first-order chi connectivity index (χ1) is 18.6. The van der Waals surface area contributed by atoms with Crippen LogP contribution < -0.4 is 44.2 Å². The molecule has 0 fully saturated rings. The van der Waals surface area contributed by atoms with Crippen molar-refractivity contribution >= 4 is 41.4 Å². The second-order valence-corrected chi connectivity index (χ2v) is 9.95. The summed E-state index contributed by atoms with van der Waals surface area (Å²) in [5.74, 6) is -6.35. The topological polar surface area (TPSA) is 292 Å². The van der Waals surface area contributed by atoms with E-state index in [1.165, 1.54) is 6.92 Å². The number of carboxylic acid groups (broad SMARTS) is 1. The van der Waals surface area contributed by atoms with Gasteiger partial charge in [-0.05, 0) is 45.1 Å². The van der Waals surface area contributed by atoms with Crippen molar-refractivity contribution in [1.29, 1.82) is 0 Å². The van der Waals surface area contributed by atoms with Crippen molar-refractivity contribution in [3.8, 4) is 0 Å². The Morgan fingerprint density at radius 1 is 0.700 bits per heavy atom. The third-order valence-corrected chi connectivity index (χ3v) is 5.73. The molecular weight excluding hydrogens is 528 g/mol. The molecule has 228 valence electrons. The zero-order chi connectivity index (χ0) is 31.0. The number of amides is 6. The summed E-state index contributed by atoms with van der Waals surface area (Å²) in [5, 5.41) is 18.7. The fraction of sp³-hybridized carbons (Fsp3) is 0.708. The van der Waals surface area contributed by atoms with Gasteiger partial charge in [0.05, 0.1) is 12.5 Å². The summed E-state index contributed by atoms with van der Waals surface area (Å²) in [7, 11) is 0. The van der Waals surface area contributed by atoms with Crippen LogP contribution in [0.2, 0.25) is 0 Å². The summed E-state index contributed by atoms with van der Waals surface area (Å²) in [6, 6.07) is -6.18. The van der Waals surface area contributed by atoms with Gasteiger partial charge in [-0.1, -0.05) is 20.3 Å². The molecule has 13 N–H and O–H groups in total. The summed E-state index contributed by atoms with van der Waals surface area (Å²) in [5.41, 5.74) is 21.6. The quantitative estimate of drug-likeness (QED) is 0.0654. The molecule has 0 radical (unpaired) electrons. The highest BCUT2D eigenvalue weighted by molar-refractivity contribution is 5.96. The van der Waals surface area contributed by atoms with E-state index in [-0.39, 0.29) is 25.2 Å². The normalized spacial score (nSPS) is 14.7. The zero-order valence-corrected chi connectivity index (χ0v) is 23.2. The predicted molar refractivity (Wildman–Crippen MR) is 144 cm³/mol. The van der Waals surface area contributed by atoms with Gasteiger partial charge in [0.15, 0.2) is 0 Å². The van der Waals surface area contributed by atoms with Crippen LogP contribution in [0.1, 0.15) is 65.7 Å². The molecular formula is C24H44N8O8. The number of hydrogen-bond acceptors (Lipinski definition) is 9. The highest BCUT2D eigenvalue weighted by Gasteiger charge is 2.31. The molecule has 40 heavy (non-hydrogen) atoms. The Balaban J connectivity index is 5.40. The lowest BCUT2D eigenvalue weighted by atomic mass is 10.0. The van der Waals surface area contributed by atoms with Crippen molar-refractivity contribution in [1.82, 2.24) is 21.3 Å². The van der Waals surface area contributed by atoms with E-state index in [0.717, 1.165) is 0 Å². The van der Waals surface area contributed by atoms with Crippen LogP contribution in [0, 0.1) is 5.92 Å². The van der Waals surface area contributed by atoms with Gasteiger partial charge in [0, 0.05) is 6.42 Å². The first-order valence-electron chi connectivity index (χ1n) is 13.0. The van der Waals surface area contributed by atoms with Gasteiger partial charge in [0.2, 0.25) is 35.4 Å². The lowest BCUT2D eigenvalue weighted by molar-refractivity contribution is -0.142. The minimum Gasteiger partial charge on any atom is -0.480 e. The molecule has 0 saturated heterocycles. The van der Waals surface area contributed by atoms with Crippen LogP contribution in [-0.4, -0.2) is 83.3 Å². The highest BCUT2D eigenvalue weighted by atomic mass is 16.4. The molecule has 0 rings (SSSR count). The molecule has 5 unspecified atom stereocenters. The number of carbonyl (C=O) groups excluding carboxylic acids is 6. The summed E-state index contributed by atoms with van der Waals surface area (Å²) in [6.07, 6.45) is 0.640. The first-order valence-corrected chi connectivity index (χ1v) is 13.0. The molecule has 0 saturated carbocycles. The van der Waals surface area contributed by atoms with E-state index in [1.807, 2.05) is 13.8 Å². The van der Waals surface area contributed by atoms with E-state index >= 15 is 0 Å². The minimum atomic E-state index is -1.57. The summed E-state index contributed by atoms with van der Waals surface area (Å²) in [4.78, 5) is 84.8. The Morgan fingerprint density at radius 3 is 1.75 bits per heavy atom. The fourth-order valence-corrected chi connectivity index (χ4v) is 3.52. The average Bonchev–Trinajstić information content (AvgIpc) is 2.84. The monoisotopic (exact) mass is 572 g/mol. The summed E-state index contributed by atoms with van der Waals surface area (Å²) >= 11 is 0. The zero-order valence-electron chi connectivity index (χ0n) is 23.2. The number of rotatable bonds is 20. The molecule has 16 heteroatoms. The SMILES string of the molecule is CC(C)CC(NC(=O)C(N)CCCCN)C(=O)NC(C)C(=O)NC(CC(N)=O)C(=O)NC(CCC(N)=O)C(=O)O. The van der Waals surface area contributed by atoms with Crippen molar-refractivity contribution < 1.29 is 38.7 Å². The Hall–Kier alpha value is -3.79. The highest BCUT2D eigenvalue weighted by Crippen LogP contribution is 2.07. The van der Waals surface area contributed by atoms with Crippen molar-refractivity contribution in [2.75, 3.05) is 6.54 Å². The maximum absolute atomic E-state index is 12.9. The Kier molecular flexibility index (Phi) is 16.7. The molecule has 0 aliphatic carbocycles. The third kappa shape index (κ3) is 15.0. The molecule has 0 aromatic rings. The van der Waals surface area contributed by atoms with E-state index in [4.69, 9.17) is 22.9 Å². The van der Waals surface area contributed by atoms with Gasteiger partial charge in [-0.2, -0.15) is 0 Å². The van der Waals surface area contributed by atoms with E-state index in [0.29, 0.717) is 25.8 Å². The van der Waals surface area contributed by atoms with Gasteiger partial charge < -0.3 is 49.3 Å². The second kappa shape index (κ2) is 18.5. The first kappa shape index (κ1) is 36.2. The predicted octanol–water partition coefficient (Wildman–Crippen LogP) is -3.33. The third-order valence-electron chi connectivity index (χ3n) is 5.73. The van der Waals surface area contributed by atoms with Gasteiger partial charge in [0.1, 0.15) is 24.2 Å². The van der Waals surface area contributed by atoms with Crippen molar-refractivity contribution in [2.24, 2.45) is 28.9 Å². The van der Waals surface area contributed by atoms with Gasteiger partial charge in [-0.25, -0.2) is 4.79 Å². The second-order valence-electron chi connectivity index (χ2n) is 9.95. The van der Waals surface area contributed by atoms with E-state index in [9.17, 15) is 38.7 Å². The van der Waals surface area contributed by atoms with Crippen LogP contribution in [0.25, 0.3) is 0 Å². The number of carbonyl (C=O) groups is 7. The van der Waals surface area contributed by atoms with Crippen molar-refractivity contribution in [3.63, 3.8) is 0 Å². The largest absolute Gasteiger partial charge is 0.480 e. The Labute approximate surface area is 233 Å². The van der Waals surface area contributed by atoms with Gasteiger partial charge in [-0.3, -0.25) is 28.8 Å². The fourth-order valence-electron chi connectivity index (χ4n) is 3.52. The maximum atomic E-state index is 12.9. The van der Waals surface area contributed by atoms with Crippen LogP contribution >= 0.6 is 0 Å². The number of aliphatic carboxylic acids is 1. The number of nitrogens with two attached hydrogens (primary N) is 4. The maximum Gasteiger partial charge on any atom is 0.326 e. The van der Waals surface area contributed by atoms with Crippen LogP contribution in [0.15, 0.2) is 0 Å². The molecule has 6 amide bonds. The minimum absolute atomic E-state index is 0.00552. The molecule has 0 spiro atoms. The van der Waals surface area contributed by atoms with E-state index in [1.54, 1.807) is 0 Å². The van der Waals surface area contributed by atoms with Gasteiger partial charge >= 0.3 is 5.97 Å². The lowest BCUT2D eigenvalue weighted by Crippen LogP contribution is -2.58. The lowest BCUT2D eigenvalue weighted by Gasteiger charge is -2.25. The molecule has 5 atom stereocenters. The standard InChI is InChI=1S/C24H44N8O8/c1-12(2)10-16(32-21(36)14(26)6-4-5-9-25)22(37)29-13(3)20(35)31-17(11-19(28)34)23(38)30-15(24(39)40)7-8-18(27)33/h12-17H,4-11,25-26H2,1-3H3,(H2,27,33)(H2,28,34)(H,29,37)(H,30,38)(H,31,35)(H,32,36)(H,39,40). The van der Waals surface area contributed by atoms with Crippen molar-refractivity contribution in [2.45, 2.75) is 95.9 Å². The van der Waals surface area contributed by atoms with Crippen molar-refractivity contribution in [3.05, 3.63) is 0 Å². The smallest absolute Gasteiger partial charge is 0.326 e. The number of unbranched alkanes of at least 4 members (excludes halogenated alkanes) is 1. The number of carboxylic acids is 1. The number of nitrogens with one attached hydrogen (secondary N) is 4. The van der Waals surface area contributed by atoms with Crippen LogP contribution in [0.3, 0.4) is 0 Å². The molecule has 0 bridgehead atoms. The molecule has 16 nitrogen and oxygen atoms in total. The van der Waals surface area contributed by atoms with Crippen LogP contribution in [0.4, 0.5) is 0 Å². The average molecular weight is 573 g/mol. The number of primary amides is 2.